The number of hydrogen-bond donors (Lipinski definition) is 5. The number of hydrogen-bond acceptors (Lipinski definition) is 11. The third kappa shape index (κ3) is 4.52. The van der Waals surface area contributed by atoms with E-state index in [4.69, 9.17) is 14.6 Å². The molecular formula is C23H26N6O8. The molecule has 1 saturated heterocycles. The van der Waals surface area contributed by atoms with E-state index in [9.17, 15) is 25.4 Å². The number of ether oxygens (including phenoxy) is 3. The van der Waals surface area contributed by atoms with Gasteiger partial charge in [0.1, 0.15) is 30.3 Å². The molecule has 3 aromatic rings. The van der Waals surface area contributed by atoms with Gasteiger partial charge in [0, 0.05) is 29.3 Å². The highest BCUT2D eigenvalue weighted by Gasteiger charge is 2.52. The third-order valence-corrected chi connectivity index (χ3v) is 6.99. The molecule has 3 aromatic heterocycles. The van der Waals surface area contributed by atoms with Crippen LogP contribution in [0.3, 0.4) is 0 Å². The molecule has 5 rings (SSSR count). The highest BCUT2D eigenvalue weighted by Crippen LogP contribution is 2.44. The Morgan fingerprint density at radius 1 is 1.22 bits per heavy atom. The molecule has 1 aliphatic carbocycles. The second kappa shape index (κ2) is 10.0. The van der Waals surface area contributed by atoms with Crippen LogP contribution in [0.4, 0.5) is 4.79 Å². The van der Waals surface area contributed by atoms with E-state index in [1.165, 1.54) is 11.0 Å². The first-order valence-corrected chi connectivity index (χ1v) is 11.8. The van der Waals surface area contributed by atoms with Crippen molar-refractivity contribution in [1.82, 2.24) is 24.7 Å². The van der Waals surface area contributed by atoms with Gasteiger partial charge in [0.15, 0.2) is 12.0 Å². The Hall–Kier alpha value is -3.61. The number of rotatable bonds is 7. The van der Waals surface area contributed by atoms with Gasteiger partial charge in [0.2, 0.25) is 6.29 Å². The summed E-state index contributed by atoms with van der Waals surface area (Å²) in [5, 5.41) is 55.3. The van der Waals surface area contributed by atoms with Gasteiger partial charge in [-0.25, -0.2) is 19.4 Å². The fourth-order valence-corrected chi connectivity index (χ4v) is 5.16. The molecule has 14 heteroatoms. The molecule has 0 spiro atoms. The topological polar surface area (TPSA) is 209 Å². The quantitative estimate of drug-likeness (QED) is 0.280. The van der Waals surface area contributed by atoms with Gasteiger partial charge in [-0.1, -0.05) is 12.8 Å². The van der Waals surface area contributed by atoms with Crippen LogP contribution in [-0.4, -0.2) is 82.2 Å². The second-order valence-corrected chi connectivity index (χ2v) is 9.14. The van der Waals surface area contributed by atoms with Crippen molar-refractivity contribution in [2.24, 2.45) is 5.92 Å². The fourth-order valence-electron chi connectivity index (χ4n) is 5.16. The SMILES string of the molecule is N#CCC(OC1OC(OC(=O)O)C(O)C(O)C1O)(C1CCCC1)n1cc(-c2ncnc3[nH]ccc23)cn1. The molecule has 1 saturated carbocycles. The van der Waals surface area contributed by atoms with E-state index in [1.54, 1.807) is 18.6 Å². The van der Waals surface area contributed by atoms with Crippen molar-refractivity contribution in [3.05, 3.63) is 31.0 Å². The first kappa shape index (κ1) is 25.1. The zero-order valence-corrected chi connectivity index (χ0v) is 19.5. The number of aliphatic hydroxyl groups is 3. The predicted molar refractivity (Wildman–Crippen MR) is 122 cm³/mol. The van der Waals surface area contributed by atoms with Crippen LogP contribution in [-0.2, 0) is 19.9 Å². The molecule has 1 aliphatic heterocycles. The fraction of sp³-hybridized carbons (Fsp3) is 0.522. The smallest absolute Gasteiger partial charge is 0.450 e. The molecule has 6 unspecified atom stereocenters. The lowest BCUT2D eigenvalue weighted by Crippen LogP contribution is -2.61. The van der Waals surface area contributed by atoms with Crippen LogP contribution in [0.1, 0.15) is 32.1 Å². The predicted octanol–water partition coefficient (Wildman–Crippen LogP) is 1.05. The first-order valence-electron chi connectivity index (χ1n) is 11.8. The third-order valence-electron chi connectivity index (χ3n) is 6.99. The lowest BCUT2D eigenvalue weighted by molar-refractivity contribution is -0.376. The maximum atomic E-state index is 11.1. The van der Waals surface area contributed by atoms with E-state index in [1.807, 2.05) is 6.07 Å². The van der Waals surface area contributed by atoms with Gasteiger partial charge in [0.05, 0.1) is 24.4 Å². The largest absolute Gasteiger partial charge is 0.508 e. The van der Waals surface area contributed by atoms with Crippen LogP contribution in [0.2, 0.25) is 0 Å². The van der Waals surface area contributed by atoms with Gasteiger partial charge in [-0.3, -0.25) is 0 Å². The maximum Gasteiger partial charge on any atom is 0.508 e. The average molecular weight is 514 g/mol. The van der Waals surface area contributed by atoms with Gasteiger partial charge in [0.25, 0.3) is 0 Å². The van der Waals surface area contributed by atoms with Crippen molar-refractivity contribution >= 4 is 17.2 Å². The zero-order valence-electron chi connectivity index (χ0n) is 19.5. The van der Waals surface area contributed by atoms with Gasteiger partial charge < -0.3 is 39.6 Å². The van der Waals surface area contributed by atoms with Crippen LogP contribution in [0, 0.1) is 17.2 Å². The molecule has 0 bridgehead atoms. The number of carboxylic acid groups (broad SMARTS) is 1. The second-order valence-electron chi connectivity index (χ2n) is 9.14. The van der Waals surface area contributed by atoms with Crippen LogP contribution < -0.4 is 0 Å². The number of fused-ring (bicyclic) bond motifs is 1. The van der Waals surface area contributed by atoms with Crippen molar-refractivity contribution < 1.29 is 39.4 Å². The molecule has 0 amide bonds. The van der Waals surface area contributed by atoms with Gasteiger partial charge >= 0.3 is 6.16 Å². The Balaban J connectivity index is 1.54. The van der Waals surface area contributed by atoms with E-state index in [2.05, 4.69) is 30.9 Å². The molecule has 37 heavy (non-hydrogen) atoms. The monoisotopic (exact) mass is 514 g/mol. The Morgan fingerprint density at radius 2 is 1.97 bits per heavy atom. The average Bonchev–Trinajstić information content (AvgIpc) is 3.66. The molecule has 2 aliphatic rings. The summed E-state index contributed by atoms with van der Waals surface area (Å²) in [5.41, 5.74) is 0.430. The number of nitriles is 1. The van der Waals surface area contributed by atoms with E-state index < -0.39 is 42.8 Å². The standard InChI is InChI=1S/C23H26N6O8/c24-7-6-23(13-3-1-2-4-13,37-21-18(32)16(30)17(31)20(35-21)36-22(33)34)29-10-12(9-28-29)15-14-5-8-25-19(14)27-11-26-15/h5,8-11,13,16-18,20-21,30-32H,1-4,6H2,(H,33,34)(H,25,26,27). The van der Waals surface area contributed by atoms with Gasteiger partial charge in [-0.15, -0.1) is 0 Å². The zero-order chi connectivity index (χ0) is 26.2. The molecule has 4 heterocycles. The van der Waals surface area contributed by atoms with Gasteiger partial charge in [-0.2, -0.15) is 10.4 Å². The van der Waals surface area contributed by atoms with Gasteiger partial charge in [-0.05, 0) is 18.9 Å². The van der Waals surface area contributed by atoms with E-state index in [0.717, 1.165) is 18.2 Å². The summed E-state index contributed by atoms with van der Waals surface area (Å²) in [5.74, 6) is -0.226. The number of H-pyrrole nitrogens is 1. The highest BCUT2D eigenvalue weighted by atomic mass is 16.8. The lowest BCUT2D eigenvalue weighted by atomic mass is 9.90. The minimum atomic E-state index is -1.85. The number of nitrogens with zero attached hydrogens (tertiary/aromatic N) is 5. The summed E-state index contributed by atoms with van der Waals surface area (Å²) >= 11 is 0. The van der Waals surface area contributed by atoms with Crippen molar-refractivity contribution in [2.75, 3.05) is 0 Å². The number of aromatic nitrogens is 5. The van der Waals surface area contributed by atoms with Crippen LogP contribution in [0.5, 0.6) is 0 Å². The molecule has 2 fully saturated rings. The molecule has 196 valence electrons. The first-order chi connectivity index (χ1) is 17.8. The summed E-state index contributed by atoms with van der Waals surface area (Å²) < 4.78 is 17.8. The van der Waals surface area contributed by atoms with Crippen molar-refractivity contribution in [2.45, 2.75) is 68.7 Å². The maximum absolute atomic E-state index is 11.1. The minimum Gasteiger partial charge on any atom is -0.450 e. The molecule has 0 radical (unpaired) electrons. The summed E-state index contributed by atoms with van der Waals surface area (Å²) in [6, 6.07) is 3.97. The number of carbonyl (C=O) groups is 1. The Labute approximate surface area is 210 Å². The Morgan fingerprint density at radius 3 is 2.70 bits per heavy atom. The summed E-state index contributed by atoms with van der Waals surface area (Å²) in [7, 11) is 0. The van der Waals surface area contributed by atoms with E-state index in [-0.39, 0.29) is 12.3 Å². The molecule has 0 aromatic carbocycles. The summed E-state index contributed by atoms with van der Waals surface area (Å²) in [6.45, 7) is 0. The highest BCUT2D eigenvalue weighted by molar-refractivity contribution is 5.89. The van der Waals surface area contributed by atoms with Crippen LogP contribution >= 0.6 is 0 Å². The molecule has 6 atom stereocenters. The Bertz CT molecular complexity index is 1300. The van der Waals surface area contributed by atoms with Crippen molar-refractivity contribution in [3.8, 4) is 17.3 Å². The van der Waals surface area contributed by atoms with Crippen molar-refractivity contribution in [3.63, 3.8) is 0 Å². The summed E-state index contributed by atoms with van der Waals surface area (Å²) in [6.07, 6.45) is -1.29. The Kier molecular flexibility index (Phi) is 6.80. The van der Waals surface area contributed by atoms with Crippen LogP contribution in [0.25, 0.3) is 22.3 Å². The number of aliphatic hydroxyl groups excluding tert-OH is 3. The van der Waals surface area contributed by atoms with Crippen LogP contribution in [0.15, 0.2) is 31.0 Å². The number of nitrogens with one attached hydrogen (secondary N) is 1. The van der Waals surface area contributed by atoms with E-state index >= 15 is 0 Å². The molecule has 5 N–H and O–H groups in total. The number of aromatic amines is 1. The molecular weight excluding hydrogens is 488 g/mol. The summed E-state index contributed by atoms with van der Waals surface area (Å²) in [4.78, 5) is 22.7. The van der Waals surface area contributed by atoms with Crippen molar-refractivity contribution in [1.29, 1.82) is 5.26 Å². The normalized spacial score (nSPS) is 28.1. The minimum absolute atomic E-state index is 0.197. The van der Waals surface area contributed by atoms with E-state index in [0.29, 0.717) is 29.7 Å². The lowest BCUT2D eigenvalue weighted by Gasteiger charge is -2.45. The molecule has 14 nitrogen and oxygen atoms in total.